The first-order valence-electron chi connectivity index (χ1n) is 6.03. The lowest BCUT2D eigenvalue weighted by atomic mass is 10.1. The Hall–Kier alpha value is -1.95. The van der Waals surface area contributed by atoms with E-state index in [9.17, 15) is 4.39 Å². The van der Waals surface area contributed by atoms with Gasteiger partial charge >= 0.3 is 0 Å². The summed E-state index contributed by atoms with van der Waals surface area (Å²) < 4.78 is 13.2. The molecule has 0 aliphatic carbocycles. The zero-order valence-corrected chi connectivity index (χ0v) is 12.1. The van der Waals surface area contributed by atoms with E-state index < -0.39 is 5.82 Å². The second-order valence-electron chi connectivity index (χ2n) is 4.44. The van der Waals surface area contributed by atoms with Crippen molar-refractivity contribution in [3.05, 3.63) is 52.6 Å². The number of hydrogen-bond acceptors (Lipinski definition) is 4. The highest BCUT2D eigenvalue weighted by molar-refractivity contribution is 7.98. The molecule has 6 heteroatoms. The molecule has 0 aliphatic rings. The second-order valence-corrected chi connectivity index (χ2v) is 5.38. The number of thioether (sulfide) groups is 1. The van der Waals surface area contributed by atoms with Crippen LogP contribution >= 0.6 is 11.8 Å². The summed E-state index contributed by atoms with van der Waals surface area (Å²) in [6.07, 6.45) is 0. The van der Waals surface area contributed by atoms with Gasteiger partial charge < -0.3 is 5.73 Å². The molecule has 0 radical (unpaired) electrons. The van der Waals surface area contributed by atoms with Crippen molar-refractivity contribution in [3.63, 3.8) is 0 Å². The van der Waals surface area contributed by atoms with Crippen LogP contribution in [0.2, 0.25) is 0 Å². The molecule has 3 N–H and O–H groups in total. The maximum atomic E-state index is 13.2. The van der Waals surface area contributed by atoms with E-state index in [4.69, 9.17) is 11.1 Å². The fourth-order valence-electron chi connectivity index (χ4n) is 1.83. The monoisotopic (exact) mass is 290 g/mol. The van der Waals surface area contributed by atoms with E-state index in [0.717, 1.165) is 17.0 Å². The summed E-state index contributed by atoms with van der Waals surface area (Å²) in [6.45, 7) is 3.83. The van der Waals surface area contributed by atoms with Crippen LogP contribution in [0.3, 0.4) is 0 Å². The van der Waals surface area contributed by atoms with Crippen molar-refractivity contribution in [2.24, 2.45) is 5.73 Å². The molecule has 1 aromatic carbocycles. The SMILES string of the molecule is Cc1cc(C)nc(SCc2ccc(F)cc2C(=N)N)n1. The largest absolute Gasteiger partial charge is 0.384 e. The predicted molar refractivity (Wildman–Crippen MR) is 78.5 cm³/mol. The molecule has 2 rings (SSSR count). The van der Waals surface area contributed by atoms with Gasteiger partial charge in [0.05, 0.1) is 0 Å². The zero-order chi connectivity index (χ0) is 14.7. The number of aryl methyl sites for hydroxylation is 2. The first-order valence-corrected chi connectivity index (χ1v) is 7.02. The van der Waals surface area contributed by atoms with Gasteiger partial charge in [-0.15, -0.1) is 0 Å². The summed E-state index contributed by atoms with van der Waals surface area (Å²) >= 11 is 1.44. The Kier molecular flexibility index (Phi) is 4.34. The van der Waals surface area contributed by atoms with Gasteiger partial charge in [-0.25, -0.2) is 14.4 Å². The van der Waals surface area contributed by atoms with Crippen LogP contribution in [0.1, 0.15) is 22.5 Å². The average molecular weight is 290 g/mol. The lowest BCUT2D eigenvalue weighted by Gasteiger charge is -2.08. The number of aromatic nitrogens is 2. The van der Waals surface area contributed by atoms with E-state index in [1.165, 1.54) is 23.9 Å². The van der Waals surface area contributed by atoms with Crippen molar-refractivity contribution >= 4 is 17.6 Å². The average Bonchev–Trinajstić information content (AvgIpc) is 2.36. The number of hydrogen-bond donors (Lipinski definition) is 2. The van der Waals surface area contributed by atoms with Gasteiger partial charge in [0.2, 0.25) is 0 Å². The van der Waals surface area contributed by atoms with E-state index >= 15 is 0 Å². The minimum atomic E-state index is -0.397. The molecule has 1 heterocycles. The first kappa shape index (κ1) is 14.5. The second kappa shape index (κ2) is 6.00. The summed E-state index contributed by atoms with van der Waals surface area (Å²) in [5.74, 6) is 0.00555. The molecule has 20 heavy (non-hydrogen) atoms. The first-order chi connectivity index (χ1) is 9.45. The number of amidine groups is 1. The lowest BCUT2D eigenvalue weighted by molar-refractivity contribution is 0.627. The fourth-order valence-corrected chi connectivity index (χ4v) is 2.78. The minimum Gasteiger partial charge on any atom is -0.384 e. The van der Waals surface area contributed by atoms with Crippen LogP contribution in [0.5, 0.6) is 0 Å². The number of rotatable bonds is 4. The van der Waals surface area contributed by atoms with Crippen molar-refractivity contribution < 1.29 is 4.39 Å². The van der Waals surface area contributed by atoms with Crippen LogP contribution < -0.4 is 5.73 Å². The molecule has 0 saturated carbocycles. The summed E-state index contributed by atoms with van der Waals surface area (Å²) in [5, 5.41) is 8.16. The number of nitrogens with two attached hydrogens (primary N) is 1. The van der Waals surface area contributed by atoms with Gasteiger partial charge in [-0.1, -0.05) is 17.8 Å². The number of nitrogen functional groups attached to an aromatic ring is 1. The van der Waals surface area contributed by atoms with Crippen LogP contribution in [0.15, 0.2) is 29.4 Å². The fraction of sp³-hybridized carbons (Fsp3) is 0.214. The molecule has 1 aromatic heterocycles. The molecule has 0 atom stereocenters. The molecule has 4 nitrogen and oxygen atoms in total. The van der Waals surface area contributed by atoms with Crippen LogP contribution in [0, 0.1) is 25.1 Å². The van der Waals surface area contributed by atoms with Gasteiger partial charge in [-0.05, 0) is 37.6 Å². The van der Waals surface area contributed by atoms with Crippen molar-refractivity contribution in [3.8, 4) is 0 Å². The van der Waals surface area contributed by atoms with E-state index in [-0.39, 0.29) is 5.84 Å². The van der Waals surface area contributed by atoms with Gasteiger partial charge in [0.1, 0.15) is 11.7 Å². The summed E-state index contributed by atoms with van der Waals surface area (Å²) in [5.41, 5.74) is 8.51. The molecular weight excluding hydrogens is 275 g/mol. The van der Waals surface area contributed by atoms with Gasteiger partial charge in [0.25, 0.3) is 0 Å². The molecule has 2 aromatic rings. The summed E-state index contributed by atoms with van der Waals surface area (Å²) in [7, 11) is 0. The van der Waals surface area contributed by atoms with Crippen molar-refractivity contribution in [2.75, 3.05) is 0 Å². The molecule has 0 saturated heterocycles. The van der Waals surface area contributed by atoms with Crippen LogP contribution in [0.4, 0.5) is 4.39 Å². The van der Waals surface area contributed by atoms with Crippen LogP contribution in [-0.2, 0) is 5.75 Å². The minimum absolute atomic E-state index is 0.138. The standard InChI is InChI=1S/C14H15FN4S/c1-8-5-9(2)19-14(18-8)20-7-10-3-4-11(15)6-12(10)13(16)17/h3-6H,7H2,1-2H3,(H3,16,17). The Morgan fingerprint density at radius 3 is 2.50 bits per heavy atom. The van der Waals surface area contributed by atoms with Gasteiger partial charge in [0, 0.05) is 22.7 Å². The Bertz CT molecular complexity index is 637. The van der Waals surface area contributed by atoms with Crippen LogP contribution in [-0.4, -0.2) is 15.8 Å². The van der Waals surface area contributed by atoms with Crippen LogP contribution in [0.25, 0.3) is 0 Å². The van der Waals surface area contributed by atoms with E-state index in [1.807, 2.05) is 19.9 Å². The topological polar surface area (TPSA) is 75.7 Å². The van der Waals surface area contributed by atoms with Gasteiger partial charge in [-0.2, -0.15) is 0 Å². The van der Waals surface area contributed by atoms with Crippen molar-refractivity contribution in [1.29, 1.82) is 5.41 Å². The van der Waals surface area contributed by atoms with Gasteiger partial charge in [-0.3, -0.25) is 5.41 Å². The highest BCUT2D eigenvalue weighted by atomic mass is 32.2. The Morgan fingerprint density at radius 1 is 1.25 bits per heavy atom. The maximum Gasteiger partial charge on any atom is 0.188 e. The quantitative estimate of drug-likeness (QED) is 0.393. The molecule has 0 spiro atoms. The van der Waals surface area contributed by atoms with E-state index in [0.29, 0.717) is 16.5 Å². The normalized spacial score (nSPS) is 10.6. The molecular formula is C14H15FN4S. The highest BCUT2D eigenvalue weighted by Crippen LogP contribution is 2.22. The smallest absolute Gasteiger partial charge is 0.188 e. The Balaban J connectivity index is 2.20. The molecule has 104 valence electrons. The van der Waals surface area contributed by atoms with E-state index in [1.54, 1.807) is 6.07 Å². The van der Waals surface area contributed by atoms with E-state index in [2.05, 4.69) is 9.97 Å². The molecule has 0 amide bonds. The molecule has 0 unspecified atom stereocenters. The number of benzene rings is 1. The molecule has 0 fully saturated rings. The number of halogens is 1. The molecule has 0 bridgehead atoms. The third kappa shape index (κ3) is 3.54. The molecule has 0 aliphatic heterocycles. The van der Waals surface area contributed by atoms with Gasteiger partial charge in [0.15, 0.2) is 5.16 Å². The number of nitrogens with one attached hydrogen (secondary N) is 1. The summed E-state index contributed by atoms with van der Waals surface area (Å²) in [4.78, 5) is 8.67. The zero-order valence-electron chi connectivity index (χ0n) is 11.3. The highest BCUT2D eigenvalue weighted by Gasteiger charge is 2.09. The summed E-state index contributed by atoms with van der Waals surface area (Å²) in [6, 6.07) is 6.19. The Labute approximate surface area is 121 Å². The lowest BCUT2D eigenvalue weighted by Crippen LogP contribution is -2.14. The predicted octanol–water partition coefficient (Wildman–Crippen LogP) is 2.81. The number of nitrogens with zero attached hydrogens (tertiary/aromatic N) is 2. The van der Waals surface area contributed by atoms with Crippen molar-refractivity contribution in [2.45, 2.75) is 24.8 Å². The maximum absolute atomic E-state index is 13.2. The third-order valence-electron chi connectivity index (χ3n) is 2.68. The van der Waals surface area contributed by atoms with Crippen molar-refractivity contribution in [1.82, 2.24) is 9.97 Å². The third-order valence-corrected chi connectivity index (χ3v) is 3.58. The Morgan fingerprint density at radius 2 is 1.90 bits per heavy atom.